The molecule has 3 heterocycles. The molecule has 2 N–H and O–H groups in total. The first kappa shape index (κ1) is 34.4. The smallest absolute Gasteiger partial charge is 0.444 e. The third kappa shape index (κ3) is 7.44. The molecular weight excluding hydrogens is 650 g/mol. The van der Waals surface area contributed by atoms with Crippen LogP contribution in [0.1, 0.15) is 40.0 Å². The van der Waals surface area contributed by atoms with E-state index in [4.69, 9.17) is 4.74 Å². The summed E-state index contributed by atoms with van der Waals surface area (Å²) in [5.41, 5.74) is -2.31. The number of carbonyl (C=O) groups excluding carboxylic acids is 2. The van der Waals surface area contributed by atoms with Gasteiger partial charge in [-0.3, -0.25) is 19.1 Å². The molecule has 1 atom stereocenters. The molecule has 16 heteroatoms. The Hall–Kier alpha value is -4.44. The quantitative estimate of drug-likeness (QED) is 0.351. The molecule has 0 spiro atoms. The third-order valence-electron chi connectivity index (χ3n) is 9.07. The van der Waals surface area contributed by atoms with Gasteiger partial charge in [0.05, 0.1) is 28.5 Å². The summed E-state index contributed by atoms with van der Waals surface area (Å²) in [5.74, 6) is -1.81. The monoisotopic (exact) mass is 689 g/mol. The fourth-order valence-corrected chi connectivity index (χ4v) is 6.41. The van der Waals surface area contributed by atoms with Crippen molar-refractivity contribution in [2.75, 3.05) is 56.5 Å². The fraction of sp³-hybridized carbons (Fsp3) is 0.515. The zero-order chi connectivity index (χ0) is 35.3. The minimum absolute atomic E-state index is 0.0559. The topological polar surface area (TPSA) is 121 Å². The average molecular weight is 690 g/mol. The number of nitrogens with one attached hydrogen (secondary N) is 2. The summed E-state index contributed by atoms with van der Waals surface area (Å²) in [7, 11) is 1.98. The molecule has 0 radical (unpaired) electrons. The first-order valence-electron chi connectivity index (χ1n) is 16.1. The Morgan fingerprint density at radius 2 is 1.73 bits per heavy atom. The maximum atomic E-state index is 15.8. The van der Waals surface area contributed by atoms with E-state index in [0.29, 0.717) is 45.4 Å². The van der Waals surface area contributed by atoms with Crippen molar-refractivity contribution in [2.24, 2.45) is 0 Å². The van der Waals surface area contributed by atoms with Crippen LogP contribution in [0.5, 0.6) is 5.75 Å². The van der Waals surface area contributed by atoms with Crippen LogP contribution in [-0.2, 0) is 9.53 Å². The molecular formula is C33H39F4N7O5. The molecule has 12 nitrogen and oxygen atoms in total. The number of carbonyl (C=O) groups is 2. The van der Waals surface area contributed by atoms with Crippen LogP contribution >= 0.6 is 0 Å². The van der Waals surface area contributed by atoms with Crippen LogP contribution in [0.3, 0.4) is 0 Å². The Bertz CT molecular complexity index is 1810. The van der Waals surface area contributed by atoms with Crippen LogP contribution in [0.25, 0.3) is 16.6 Å². The van der Waals surface area contributed by atoms with E-state index in [1.165, 1.54) is 24.3 Å². The number of likely N-dealkylation sites (N-methyl/N-ethyl adjacent to an activating group) is 1. The lowest BCUT2D eigenvalue weighted by Gasteiger charge is -2.37. The molecule has 0 unspecified atom stereocenters. The van der Waals surface area contributed by atoms with E-state index in [1.807, 2.05) is 7.05 Å². The molecule has 6 rings (SSSR count). The average Bonchev–Trinajstić information content (AvgIpc) is 3.70. The van der Waals surface area contributed by atoms with Crippen LogP contribution in [0.4, 0.5) is 33.7 Å². The summed E-state index contributed by atoms with van der Waals surface area (Å²) in [6, 6.07) is 6.07. The number of alkyl halides is 3. The highest BCUT2D eigenvalue weighted by Crippen LogP contribution is 2.44. The Kier molecular flexibility index (Phi) is 8.98. The molecule has 2 aromatic carbocycles. The van der Waals surface area contributed by atoms with Crippen molar-refractivity contribution in [3.8, 4) is 11.4 Å². The Morgan fingerprint density at radius 3 is 2.39 bits per heavy atom. The molecule has 2 amide bonds. The molecule has 0 bridgehead atoms. The van der Waals surface area contributed by atoms with Crippen LogP contribution in [0, 0.1) is 5.82 Å². The SMILES string of the molecule is CN1CCN(C2(C(=O)Nc3cc(-n4cnc5c(F)c(N6CC[C@@H](NC(=O)OC(C)(C)C)C6)ccc5c4=O)ccc3OC(F)(F)F)CC2)CC1. The van der Waals surface area contributed by atoms with Gasteiger partial charge in [0.2, 0.25) is 5.91 Å². The van der Waals surface area contributed by atoms with Gasteiger partial charge >= 0.3 is 12.5 Å². The van der Waals surface area contributed by atoms with Gasteiger partial charge in [0.15, 0.2) is 11.6 Å². The molecule has 3 aromatic rings. The fourth-order valence-electron chi connectivity index (χ4n) is 6.41. The highest BCUT2D eigenvalue weighted by atomic mass is 19.4. The van der Waals surface area contributed by atoms with Gasteiger partial charge in [0.25, 0.3) is 5.56 Å². The highest BCUT2D eigenvalue weighted by Gasteiger charge is 2.55. The zero-order valence-electron chi connectivity index (χ0n) is 27.7. The third-order valence-corrected chi connectivity index (χ3v) is 9.07. The molecule has 49 heavy (non-hydrogen) atoms. The predicted octanol–water partition coefficient (Wildman–Crippen LogP) is 4.25. The zero-order valence-corrected chi connectivity index (χ0v) is 27.7. The van der Waals surface area contributed by atoms with E-state index < -0.39 is 46.6 Å². The molecule has 264 valence electrons. The van der Waals surface area contributed by atoms with E-state index in [0.717, 1.165) is 30.1 Å². The van der Waals surface area contributed by atoms with E-state index in [1.54, 1.807) is 25.7 Å². The number of ether oxygens (including phenoxy) is 2. The second-order valence-corrected chi connectivity index (χ2v) is 13.8. The molecule has 3 fully saturated rings. The van der Waals surface area contributed by atoms with Crippen molar-refractivity contribution in [1.82, 2.24) is 24.7 Å². The molecule has 1 aromatic heterocycles. The maximum absolute atomic E-state index is 15.8. The minimum Gasteiger partial charge on any atom is -0.444 e. The predicted molar refractivity (Wildman–Crippen MR) is 174 cm³/mol. The van der Waals surface area contributed by atoms with Crippen molar-refractivity contribution < 1.29 is 36.6 Å². The molecule has 1 aliphatic carbocycles. The van der Waals surface area contributed by atoms with Gasteiger partial charge < -0.3 is 29.9 Å². The summed E-state index contributed by atoms with van der Waals surface area (Å²) in [5, 5.41) is 5.37. The van der Waals surface area contributed by atoms with Gasteiger partial charge in [-0.1, -0.05) is 0 Å². The van der Waals surface area contributed by atoms with E-state index >= 15 is 4.39 Å². The molecule has 2 saturated heterocycles. The number of anilines is 2. The number of alkyl carbamates (subject to hydrolysis) is 1. The second-order valence-electron chi connectivity index (χ2n) is 13.8. The lowest BCUT2D eigenvalue weighted by Crippen LogP contribution is -2.54. The van der Waals surface area contributed by atoms with Gasteiger partial charge in [-0.2, -0.15) is 0 Å². The van der Waals surface area contributed by atoms with Crippen molar-refractivity contribution in [3.05, 3.63) is 52.8 Å². The van der Waals surface area contributed by atoms with Crippen LogP contribution in [0.15, 0.2) is 41.5 Å². The Morgan fingerprint density at radius 1 is 1.02 bits per heavy atom. The summed E-state index contributed by atoms with van der Waals surface area (Å²) < 4.78 is 66.4. The van der Waals surface area contributed by atoms with E-state index in [9.17, 15) is 27.6 Å². The van der Waals surface area contributed by atoms with E-state index in [-0.39, 0.29) is 34.0 Å². The van der Waals surface area contributed by atoms with Crippen LogP contribution in [-0.4, -0.2) is 101 Å². The van der Waals surface area contributed by atoms with Gasteiger partial charge in [-0.15, -0.1) is 13.2 Å². The largest absolute Gasteiger partial charge is 0.573 e. The van der Waals surface area contributed by atoms with E-state index in [2.05, 4.69) is 30.2 Å². The summed E-state index contributed by atoms with van der Waals surface area (Å²) in [4.78, 5) is 49.5. The summed E-state index contributed by atoms with van der Waals surface area (Å²) in [6.07, 6.45) is -2.83. The number of halogens is 4. The lowest BCUT2D eigenvalue weighted by atomic mass is 10.1. The van der Waals surface area contributed by atoms with Gasteiger partial charge in [0.1, 0.15) is 23.0 Å². The number of benzene rings is 2. The van der Waals surface area contributed by atoms with Crippen molar-refractivity contribution in [1.29, 1.82) is 0 Å². The summed E-state index contributed by atoms with van der Waals surface area (Å²) >= 11 is 0. The molecule has 1 saturated carbocycles. The lowest BCUT2D eigenvalue weighted by molar-refractivity contribution is -0.274. The summed E-state index contributed by atoms with van der Waals surface area (Å²) in [6.45, 7) is 8.84. The Balaban J connectivity index is 1.25. The molecule has 2 aliphatic heterocycles. The highest BCUT2D eigenvalue weighted by molar-refractivity contribution is 6.01. The maximum Gasteiger partial charge on any atom is 0.573 e. The van der Waals surface area contributed by atoms with Crippen LogP contribution < -0.4 is 25.8 Å². The minimum atomic E-state index is -5.03. The molecule has 3 aliphatic rings. The normalized spacial score (nSPS) is 19.9. The Labute approximate surface area is 279 Å². The van der Waals surface area contributed by atoms with Crippen molar-refractivity contribution >= 4 is 34.3 Å². The van der Waals surface area contributed by atoms with Crippen molar-refractivity contribution in [2.45, 2.75) is 63.6 Å². The number of aromatic nitrogens is 2. The van der Waals surface area contributed by atoms with Gasteiger partial charge in [0, 0.05) is 39.3 Å². The van der Waals surface area contributed by atoms with Gasteiger partial charge in [-0.05, 0) is 77.4 Å². The number of fused-ring (bicyclic) bond motifs is 1. The second kappa shape index (κ2) is 12.8. The first-order valence-corrected chi connectivity index (χ1v) is 16.1. The van der Waals surface area contributed by atoms with Gasteiger partial charge in [-0.25, -0.2) is 14.2 Å². The number of rotatable bonds is 7. The number of hydrogen-bond acceptors (Lipinski definition) is 9. The number of amides is 2. The van der Waals surface area contributed by atoms with Crippen LogP contribution in [0.2, 0.25) is 0 Å². The number of piperazine rings is 1. The number of hydrogen-bond donors (Lipinski definition) is 2. The number of nitrogens with zero attached hydrogens (tertiary/aromatic N) is 5. The van der Waals surface area contributed by atoms with Crippen molar-refractivity contribution in [3.63, 3.8) is 0 Å². The first-order chi connectivity index (χ1) is 23.0. The standard InChI is InChI=1S/C33H39F4N7O5/c1-31(2,3)49-30(47)39-20-9-12-42(18-20)24-7-6-22-27(26(24)34)38-19-44(28(22)45)21-5-8-25(48-33(35,36)37)23(17-21)40-29(46)32(10-11-32)43-15-13-41(4)14-16-43/h5-8,17,19-20H,9-16,18H2,1-4H3,(H,39,47)(H,40,46)/t20-/m1/s1.